The Morgan fingerprint density at radius 2 is 2.16 bits per heavy atom. The van der Waals surface area contributed by atoms with Gasteiger partial charge in [-0.05, 0) is 43.9 Å². The lowest BCUT2D eigenvalue weighted by Crippen LogP contribution is -2.42. The van der Waals surface area contributed by atoms with Gasteiger partial charge in [-0.15, -0.1) is 0 Å². The zero-order valence-electron chi connectivity index (χ0n) is 11.9. The van der Waals surface area contributed by atoms with Gasteiger partial charge in [-0.1, -0.05) is 25.1 Å². The summed E-state index contributed by atoms with van der Waals surface area (Å²) in [7, 11) is 0. The Hall–Kier alpha value is -1.06. The van der Waals surface area contributed by atoms with E-state index < -0.39 is 0 Å². The molecule has 0 saturated carbocycles. The first-order chi connectivity index (χ1) is 9.36. The highest BCUT2D eigenvalue weighted by Crippen LogP contribution is 2.27. The molecule has 19 heavy (non-hydrogen) atoms. The molecule has 3 heteroatoms. The van der Waals surface area contributed by atoms with Gasteiger partial charge in [0.05, 0.1) is 12.6 Å². The van der Waals surface area contributed by atoms with Crippen LogP contribution >= 0.6 is 0 Å². The van der Waals surface area contributed by atoms with Crippen LogP contribution in [0, 0.1) is 0 Å². The second-order valence-corrected chi connectivity index (χ2v) is 5.33. The number of nitrogens with zero attached hydrogens (tertiary/aromatic N) is 1. The van der Waals surface area contributed by atoms with E-state index in [0.29, 0.717) is 6.04 Å². The van der Waals surface area contributed by atoms with Crippen LogP contribution in [-0.4, -0.2) is 30.8 Å². The number of hydrogen-bond acceptors (Lipinski definition) is 3. The van der Waals surface area contributed by atoms with Crippen LogP contribution in [0.5, 0.6) is 0 Å². The molecule has 1 aromatic rings. The second-order valence-electron chi connectivity index (χ2n) is 5.33. The van der Waals surface area contributed by atoms with Crippen LogP contribution < -0.4 is 10.2 Å². The Labute approximate surface area is 116 Å². The first kappa shape index (κ1) is 14.4. The van der Waals surface area contributed by atoms with E-state index in [-0.39, 0.29) is 6.61 Å². The Morgan fingerprint density at radius 3 is 2.95 bits per heavy atom. The molecule has 1 fully saturated rings. The molecule has 1 unspecified atom stereocenters. The largest absolute Gasteiger partial charge is 0.394 e. The summed E-state index contributed by atoms with van der Waals surface area (Å²) >= 11 is 0. The van der Waals surface area contributed by atoms with E-state index >= 15 is 0 Å². The van der Waals surface area contributed by atoms with E-state index in [4.69, 9.17) is 0 Å². The number of nitrogens with one attached hydrogen (secondary N) is 1. The van der Waals surface area contributed by atoms with E-state index in [2.05, 4.69) is 41.4 Å². The van der Waals surface area contributed by atoms with Gasteiger partial charge < -0.3 is 15.3 Å². The van der Waals surface area contributed by atoms with Crippen LogP contribution in [0.25, 0.3) is 0 Å². The average molecular weight is 262 g/mol. The quantitative estimate of drug-likeness (QED) is 0.773. The normalized spacial score (nSPS) is 19.7. The smallest absolute Gasteiger partial charge is 0.0635 e. The van der Waals surface area contributed by atoms with Crippen LogP contribution in [-0.2, 0) is 6.54 Å². The van der Waals surface area contributed by atoms with Crippen molar-refractivity contribution in [1.29, 1.82) is 0 Å². The van der Waals surface area contributed by atoms with Crippen molar-refractivity contribution in [2.24, 2.45) is 0 Å². The SMILES string of the molecule is CCCNCc1ccccc1N1CCCCC1CO. The molecular weight excluding hydrogens is 236 g/mol. The molecule has 2 rings (SSSR count). The predicted molar refractivity (Wildman–Crippen MR) is 80.5 cm³/mol. The summed E-state index contributed by atoms with van der Waals surface area (Å²) in [6.07, 6.45) is 4.73. The van der Waals surface area contributed by atoms with Crippen molar-refractivity contribution >= 4 is 5.69 Å². The highest BCUT2D eigenvalue weighted by molar-refractivity contribution is 5.54. The molecule has 0 amide bonds. The summed E-state index contributed by atoms with van der Waals surface area (Å²) in [5.74, 6) is 0. The van der Waals surface area contributed by atoms with Crippen LogP contribution in [0.2, 0.25) is 0 Å². The van der Waals surface area contributed by atoms with Crippen molar-refractivity contribution < 1.29 is 5.11 Å². The van der Waals surface area contributed by atoms with Crippen LogP contribution in [0.1, 0.15) is 38.2 Å². The van der Waals surface area contributed by atoms with Gasteiger partial charge >= 0.3 is 0 Å². The molecule has 1 aliphatic rings. The minimum atomic E-state index is 0.261. The van der Waals surface area contributed by atoms with Crippen molar-refractivity contribution in [3.05, 3.63) is 29.8 Å². The number of rotatable bonds is 6. The highest BCUT2D eigenvalue weighted by Gasteiger charge is 2.23. The summed E-state index contributed by atoms with van der Waals surface area (Å²) in [6, 6.07) is 8.88. The summed E-state index contributed by atoms with van der Waals surface area (Å²) in [5.41, 5.74) is 2.64. The third-order valence-corrected chi connectivity index (χ3v) is 3.88. The fourth-order valence-corrected chi connectivity index (χ4v) is 2.85. The van der Waals surface area contributed by atoms with E-state index in [9.17, 15) is 5.11 Å². The topological polar surface area (TPSA) is 35.5 Å². The molecule has 1 saturated heterocycles. The van der Waals surface area contributed by atoms with Crippen molar-refractivity contribution in [2.45, 2.75) is 45.2 Å². The van der Waals surface area contributed by atoms with Crippen molar-refractivity contribution in [2.75, 3.05) is 24.6 Å². The van der Waals surface area contributed by atoms with Gasteiger partial charge in [0.25, 0.3) is 0 Å². The molecule has 0 radical (unpaired) electrons. The fraction of sp³-hybridized carbons (Fsp3) is 0.625. The number of aliphatic hydroxyl groups is 1. The highest BCUT2D eigenvalue weighted by atomic mass is 16.3. The predicted octanol–water partition coefficient (Wildman–Crippen LogP) is 2.54. The van der Waals surface area contributed by atoms with Gasteiger partial charge in [0.2, 0.25) is 0 Å². The molecule has 1 aromatic carbocycles. The zero-order valence-corrected chi connectivity index (χ0v) is 11.9. The third kappa shape index (κ3) is 3.71. The molecule has 1 heterocycles. The summed E-state index contributed by atoms with van der Waals surface area (Å²) in [6.45, 7) is 5.48. The van der Waals surface area contributed by atoms with Crippen molar-refractivity contribution in [1.82, 2.24) is 5.32 Å². The number of para-hydroxylation sites is 1. The van der Waals surface area contributed by atoms with Gasteiger partial charge in [-0.3, -0.25) is 0 Å². The molecule has 0 spiro atoms. The van der Waals surface area contributed by atoms with E-state index in [1.165, 1.54) is 24.1 Å². The minimum Gasteiger partial charge on any atom is -0.394 e. The van der Waals surface area contributed by atoms with Crippen LogP contribution in [0.3, 0.4) is 0 Å². The molecule has 0 bridgehead atoms. The number of piperidine rings is 1. The van der Waals surface area contributed by atoms with E-state index in [1.54, 1.807) is 0 Å². The third-order valence-electron chi connectivity index (χ3n) is 3.88. The maximum atomic E-state index is 9.57. The average Bonchev–Trinajstić information content (AvgIpc) is 2.48. The molecule has 2 N–H and O–H groups in total. The first-order valence-electron chi connectivity index (χ1n) is 7.53. The van der Waals surface area contributed by atoms with Crippen molar-refractivity contribution in [3.8, 4) is 0 Å². The Bertz CT molecular complexity index is 381. The standard InChI is InChI=1S/C16H26N2O/c1-2-10-17-12-14-7-3-4-9-16(14)18-11-6-5-8-15(18)13-19/h3-4,7,9,15,17,19H,2,5-6,8,10-13H2,1H3. The van der Waals surface area contributed by atoms with Gasteiger partial charge in [0.15, 0.2) is 0 Å². The lowest BCUT2D eigenvalue weighted by molar-refractivity contribution is 0.240. The van der Waals surface area contributed by atoms with Crippen molar-refractivity contribution in [3.63, 3.8) is 0 Å². The molecular formula is C16H26N2O. The first-order valence-corrected chi connectivity index (χ1v) is 7.53. The monoisotopic (exact) mass is 262 g/mol. The Balaban J connectivity index is 2.12. The lowest BCUT2D eigenvalue weighted by Gasteiger charge is -2.37. The summed E-state index contributed by atoms with van der Waals surface area (Å²) in [4.78, 5) is 2.40. The summed E-state index contributed by atoms with van der Waals surface area (Å²) in [5, 5.41) is 13.0. The molecule has 3 nitrogen and oxygen atoms in total. The molecule has 1 aliphatic heterocycles. The Morgan fingerprint density at radius 1 is 1.32 bits per heavy atom. The Kier molecular flexibility index (Phi) is 5.67. The second kappa shape index (κ2) is 7.51. The van der Waals surface area contributed by atoms with E-state index in [0.717, 1.165) is 32.5 Å². The molecule has 1 atom stereocenters. The number of hydrogen-bond donors (Lipinski definition) is 2. The lowest BCUT2D eigenvalue weighted by atomic mass is 10.00. The summed E-state index contributed by atoms with van der Waals surface area (Å²) < 4.78 is 0. The maximum Gasteiger partial charge on any atom is 0.0635 e. The van der Waals surface area contributed by atoms with Crippen LogP contribution in [0.4, 0.5) is 5.69 Å². The van der Waals surface area contributed by atoms with Gasteiger partial charge in [0, 0.05) is 18.8 Å². The van der Waals surface area contributed by atoms with Crippen LogP contribution in [0.15, 0.2) is 24.3 Å². The number of benzene rings is 1. The fourth-order valence-electron chi connectivity index (χ4n) is 2.85. The van der Waals surface area contributed by atoms with Gasteiger partial charge in [0.1, 0.15) is 0 Å². The molecule has 0 aromatic heterocycles. The van der Waals surface area contributed by atoms with E-state index in [1.807, 2.05) is 0 Å². The molecule has 106 valence electrons. The van der Waals surface area contributed by atoms with Gasteiger partial charge in [-0.25, -0.2) is 0 Å². The maximum absolute atomic E-state index is 9.57. The molecule has 0 aliphatic carbocycles. The zero-order chi connectivity index (χ0) is 13.5. The number of aliphatic hydroxyl groups excluding tert-OH is 1. The minimum absolute atomic E-state index is 0.261. The number of anilines is 1. The van der Waals surface area contributed by atoms with Gasteiger partial charge in [-0.2, -0.15) is 0 Å².